The fraction of sp³-hybridized carbons (Fsp3) is 0.400. The smallest absolute Gasteiger partial charge is 0.0758 e. The van der Waals surface area contributed by atoms with Gasteiger partial charge in [0.1, 0.15) is 0 Å². The van der Waals surface area contributed by atoms with E-state index in [1.165, 1.54) is 38.9 Å². The number of fused-ring (bicyclic) bond motifs is 2. The van der Waals surface area contributed by atoms with E-state index in [4.69, 9.17) is 0 Å². The molecule has 2 bridgehead atoms. The number of rotatable bonds is 3. The van der Waals surface area contributed by atoms with Crippen LogP contribution in [0.1, 0.15) is 11.1 Å². The van der Waals surface area contributed by atoms with E-state index in [9.17, 15) is 0 Å². The van der Waals surface area contributed by atoms with Crippen molar-refractivity contribution < 1.29 is 14.5 Å². The molecule has 0 amide bonds. The van der Waals surface area contributed by atoms with Crippen LogP contribution in [-0.4, -0.2) is 26.7 Å². The third-order valence-electron chi connectivity index (χ3n) is 1.85. The van der Waals surface area contributed by atoms with Gasteiger partial charge in [0, 0.05) is 0 Å². The monoisotopic (exact) mass is 233 g/mol. The fourth-order valence-electron chi connectivity index (χ4n) is 1.18. The van der Waals surface area contributed by atoms with Gasteiger partial charge >= 0.3 is 0 Å². The van der Waals surface area contributed by atoms with Crippen molar-refractivity contribution in [1.82, 2.24) is 5.39 Å². The molecule has 0 unspecified atom stereocenters. The number of benzene rings is 1. The molecule has 0 fully saturated rings. The maximum atomic E-state index is 4.44. The minimum atomic E-state index is 0. The van der Waals surface area contributed by atoms with E-state index in [-0.39, 0.29) is 12.4 Å². The zero-order chi connectivity index (χ0) is 10.4. The molecule has 0 N–H and O–H groups in total. The summed E-state index contributed by atoms with van der Waals surface area (Å²) in [6.07, 6.45) is 1.22. The highest BCUT2D eigenvalue weighted by molar-refractivity contribution is 5.85. The average Bonchev–Trinajstić information content (AvgIpc) is 2.22. The first kappa shape index (κ1) is 14.3. The van der Waals surface area contributed by atoms with Crippen molar-refractivity contribution in [1.29, 1.82) is 0 Å². The summed E-state index contributed by atoms with van der Waals surface area (Å²) in [5.74, 6) is 0. The Morgan fingerprint density at radius 1 is 1.00 bits per heavy atom. The van der Waals surface area contributed by atoms with E-state index in [0.29, 0.717) is 0 Å². The molecule has 1 aromatic rings. The van der Waals surface area contributed by atoms with Crippen LogP contribution in [0.25, 0.3) is 0 Å². The van der Waals surface area contributed by atoms with Crippen LogP contribution in [0.4, 0.5) is 0 Å². The molecular formula is C10H16ClNO3. The molecule has 0 aromatic heterocycles. The van der Waals surface area contributed by atoms with E-state index >= 15 is 0 Å². The Balaban J connectivity index is 0.000000245. The van der Waals surface area contributed by atoms with Gasteiger partial charge in [-0.3, -0.25) is 14.5 Å². The number of halogens is 1. The summed E-state index contributed by atoms with van der Waals surface area (Å²) < 4.78 is 0. The standard InChI is InChI=1S/C7H6.C3H9NO3.ClH/c1-2-6-4-7(3-1)5-6;1-5-4(6-2)7-3;/h1-4H,5H2;1-3H3;1H. The number of hydrogen-bond donors (Lipinski definition) is 0. The van der Waals surface area contributed by atoms with Gasteiger partial charge in [-0.1, -0.05) is 24.3 Å². The zero-order valence-electron chi connectivity index (χ0n) is 9.10. The van der Waals surface area contributed by atoms with Gasteiger partial charge < -0.3 is 0 Å². The van der Waals surface area contributed by atoms with Crippen molar-refractivity contribution in [2.24, 2.45) is 0 Å². The third kappa shape index (κ3) is 4.59. The summed E-state index contributed by atoms with van der Waals surface area (Å²) in [6, 6.07) is 8.65. The highest BCUT2D eigenvalue weighted by Gasteiger charge is 2.04. The lowest BCUT2D eigenvalue weighted by atomic mass is 9.94. The predicted molar refractivity (Wildman–Crippen MR) is 59.4 cm³/mol. The van der Waals surface area contributed by atoms with E-state index in [1.54, 1.807) is 0 Å². The second-order valence-corrected chi connectivity index (χ2v) is 2.77. The summed E-state index contributed by atoms with van der Waals surface area (Å²) in [7, 11) is 4.31. The summed E-state index contributed by atoms with van der Waals surface area (Å²) in [6.45, 7) is 0. The Morgan fingerprint density at radius 3 is 1.47 bits per heavy atom. The maximum absolute atomic E-state index is 4.44. The van der Waals surface area contributed by atoms with Gasteiger partial charge in [0.2, 0.25) is 0 Å². The molecule has 15 heavy (non-hydrogen) atoms. The third-order valence-corrected chi connectivity index (χ3v) is 1.85. The van der Waals surface area contributed by atoms with E-state index < -0.39 is 0 Å². The molecule has 0 saturated heterocycles. The Hall–Kier alpha value is -0.650. The van der Waals surface area contributed by atoms with E-state index in [1.807, 2.05) is 0 Å². The quantitative estimate of drug-likeness (QED) is 0.759. The summed E-state index contributed by atoms with van der Waals surface area (Å²) in [4.78, 5) is 13.3. The van der Waals surface area contributed by atoms with Gasteiger partial charge in [-0.25, -0.2) is 0 Å². The highest BCUT2D eigenvalue weighted by atomic mass is 35.5. The van der Waals surface area contributed by atoms with Crippen LogP contribution in [0.15, 0.2) is 24.3 Å². The summed E-state index contributed by atoms with van der Waals surface area (Å²) >= 11 is 0. The predicted octanol–water partition coefficient (Wildman–Crippen LogP) is 1.99. The second kappa shape index (κ2) is 7.62. The van der Waals surface area contributed by atoms with Crippen LogP contribution in [0.2, 0.25) is 0 Å². The van der Waals surface area contributed by atoms with Crippen molar-refractivity contribution in [2.45, 2.75) is 6.42 Å². The topological polar surface area (TPSA) is 30.9 Å². The molecule has 0 aliphatic heterocycles. The van der Waals surface area contributed by atoms with Gasteiger partial charge in [0.05, 0.1) is 26.7 Å². The van der Waals surface area contributed by atoms with Crippen molar-refractivity contribution >= 4 is 12.4 Å². The summed E-state index contributed by atoms with van der Waals surface area (Å²) in [5, 5.41) is 0.875. The van der Waals surface area contributed by atoms with Crippen LogP contribution in [-0.2, 0) is 20.9 Å². The first-order chi connectivity index (χ1) is 6.80. The minimum absolute atomic E-state index is 0. The molecule has 5 heteroatoms. The SMILES string of the molecule is CON(OC)OC.Cl.c1cc2cc(c1)C2. The van der Waals surface area contributed by atoms with Crippen LogP contribution < -0.4 is 0 Å². The van der Waals surface area contributed by atoms with Crippen molar-refractivity contribution in [2.75, 3.05) is 21.3 Å². The molecule has 1 aromatic carbocycles. The molecule has 86 valence electrons. The van der Waals surface area contributed by atoms with Crippen molar-refractivity contribution in [3.05, 3.63) is 35.4 Å². The first-order valence-electron chi connectivity index (χ1n) is 4.30. The first-order valence-corrected chi connectivity index (χ1v) is 4.30. The molecule has 2 aliphatic rings. The Kier molecular flexibility index (Phi) is 7.29. The molecule has 0 saturated carbocycles. The Bertz CT molecular complexity index is 249. The molecule has 0 atom stereocenters. The highest BCUT2D eigenvalue weighted by Crippen LogP contribution is 2.18. The van der Waals surface area contributed by atoms with E-state index in [2.05, 4.69) is 38.8 Å². The van der Waals surface area contributed by atoms with Gasteiger partial charge in [0.15, 0.2) is 0 Å². The van der Waals surface area contributed by atoms with Crippen LogP contribution in [0, 0.1) is 0 Å². The minimum Gasteiger partial charge on any atom is -0.254 e. The van der Waals surface area contributed by atoms with Crippen LogP contribution in [0.3, 0.4) is 0 Å². The van der Waals surface area contributed by atoms with Gasteiger partial charge in [-0.15, -0.1) is 12.4 Å². The lowest BCUT2D eigenvalue weighted by molar-refractivity contribution is -0.502. The molecule has 3 rings (SSSR count). The molecule has 0 heterocycles. The van der Waals surface area contributed by atoms with Gasteiger partial charge in [0.25, 0.3) is 0 Å². The second-order valence-electron chi connectivity index (χ2n) is 2.77. The van der Waals surface area contributed by atoms with Gasteiger partial charge in [-0.2, -0.15) is 0 Å². The lowest BCUT2D eigenvalue weighted by Crippen LogP contribution is -2.18. The fourth-order valence-corrected chi connectivity index (χ4v) is 1.18. The van der Waals surface area contributed by atoms with Gasteiger partial charge in [-0.05, 0) is 17.5 Å². The maximum Gasteiger partial charge on any atom is 0.0758 e. The molecule has 0 radical (unpaired) electrons. The lowest BCUT2D eigenvalue weighted by Gasteiger charge is -2.11. The largest absolute Gasteiger partial charge is 0.254 e. The molecular weight excluding hydrogens is 218 g/mol. The number of hydrogen-bond acceptors (Lipinski definition) is 4. The Morgan fingerprint density at radius 2 is 1.40 bits per heavy atom. The number of nitrogens with zero attached hydrogens (tertiary/aromatic N) is 1. The van der Waals surface area contributed by atoms with Crippen LogP contribution >= 0.6 is 12.4 Å². The zero-order valence-corrected chi connectivity index (χ0v) is 9.91. The molecule has 2 aliphatic carbocycles. The van der Waals surface area contributed by atoms with Crippen molar-refractivity contribution in [3.8, 4) is 0 Å². The summed E-state index contributed by atoms with van der Waals surface area (Å²) in [5.41, 5.74) is 2.97. The Labute approximate surface area is 96.0 Å². The molecule has 4 nitrogen and oxygen atoms in total. The molecule has 0 spiro atoms. The van der Waals surface area contributed by atoms with E-state index in [0.717, 1.165) is 5.39 Å². The van der Waals surface area contributed by atoms with Crippen LogP contribution in [0.5, 0.6) is 0 Å². The van der Waals surface area contributed by atoms with Crippen molar-refractivity contribution in [3.63, 3.8) is 0 Å². The normalized spacial score (nSPS) is 10.9. The average molecular weight is 234 g/mol.